The van der Waals surface area contributed by atoms with Gasteiger partial charge in [-0.05, 0) is 31.5 Å². The average molecular weight is 235 g/mol. The number of amides is 1. The SMILES string of the molecule is CN1CCOc2cc(C(C)(C)O)ccc2C1=O. The lowest BCUT2D eigenvalue weighted by Gasteiger charge is -2.19. The highest BCUT2D eigenvalue weighted by Gasteiger charge is 2.24. The first-order valence-corrected chi connectivity index (χ1v) is 5.65. The molecular weight excluding hydrogens is 218 g/mol. The number of rotatable bonds is 1. The Balaban J connectivity index is 2.46. The van der Waals surface area contributed by atoms with Gasteiger partial charge in [0.2, 0.25) is 0 Å². The highest BCUT2D eigenvalue weighted by Crippen LogP contribution is 2.29. The van der Waals surface area contributed by atoms with Gasteiger partial charge in [-0.3, -0.25) is 4.79 Å². The molecule has 1 amide bonds. The van der Waals surface area contributed by atoms with Crippen molar-refractivity contribution in [3.05, 3.63) is 29.3 Å². The molecule has 0 fully saturated rings. The van der Waals surface area contributed by atoms with Crippen molar-refractivity contribution in [1.82, 2.24) is 4.90 Å². The van der Waals surface area contributed by atoms with Crippen LogP contribution < -0.4 is 4.74 Å². The summed E-state index contributed by atoms with van der Waals surface area (Å²) in [5.41, 5.74) is 0.367. The van der Waals surface area contributed by atoms with E-state index in [-0.39, 0.29) is 5.91 Å². The second-order valence-corrected chi connectivity index (χ2v) is 4.85. The summed E-state index contributed by atoms with van der Waals surface area (Å²) >= 11 is 0. The fourth-order valence-electron chi connectivity index (χ4n) is 1.80. The summed E-state index contributed by atoms with van der Waals surface area (Å²) in [7, 11) is 1.75. The van der Waals surface area contributed by atoms with Crippen LogP contribution in [0.1, 0.15) is 29.8 Å². The maximum atomic E-state index is 12.0. The second-order valence-electron chi connectivity index (χ2n) is 4.85. The third-order valence-electron chi connectivity index (χ3n) is 2.95. The Kier molecular flexibility index (Phi) is 2.83. The molecule has 0 aromatic heterocycles. The molecule has 92 valence electrons. The Hall–Kier alpha value is -1.55. The summed E-state index contributed by atoms with van der Waals surface area (Å²) in [6, 6.07) is 5.22. The van der Waals surface area contributed by atoms with Gasteiger partial charge in [0.25, 0.3) is 5.91 Å². The Morgan fingerprint density at radius 2 is 2.12 bits per heavy atom. The molecule has 0 spiro atoms. The zero-order valence-electron chi connectivity index (χ0n) is 10.4. The van der Waals surface area contributed by atoms with E-state index >= 15 is 0 Å². The van der Waals surface area contributed by atoms with Crippen molar-refractivity contribution in [3.8, 4) is 5.75 Å². The van der Waals surface area contributed by atoms with Crippen LogP contribution in [0.3, 0.4) is 0 Å². The molecule has 2 rings (SSSR count). The number of ether oxygens (including phenoxy) is 1. The van der Waals surface area contributed by atoms with E-state index in [0.717, 1.165) is 5.56 Å². The zero-order valence-corrected chi connectivity index (χ0v) is 10.4. The van der Waals surface area contributed by atoms with Gasteiger partial charge in [0.05, 0.1) is 17.7 Å². The van der Waals surface area contributed by atoms with Gasteiger partial charge >= 0.3 is 0 Å². The molecule has 1 aliphatic rings. The molecule has 0 aliphatic carbocycles. The maximum absolute atomic E-state index is 12.0. The molecule has 1 aliphatic heterocycles. The minimum Gasteiger partial charge on any atom is -0.491 e. The van der Waals surface area contributed by atoms with E-state index in [1.165, 1.54) is 0 Å². The van der Waals surface area contributed by atoms with E-state index in [1.54, 1.807) is 44.0 Å². The van der Waals surface area contributed by atoms with Crippen molar-refractivity contribution < 1.29 is 14.6 Å². The van der Waals surface area contributed by atoms with Crippen LogP contribution in [0, 0.1) is 0 Å². The van der Waals surface area contributed by atoms with Crippen molar-refractivity contribution >= 4 is 5.91 Å². The van der Waals surface area contributed by atoms with E-state index in [4.69, 9.17) is 4.74 Å². The predicted molar refractivity (Wildman–Crippen MR) is 64.1 cm³/mol. The first kappa shape index (κ1) is 11.9. The normalized spacial score (nSPS) is 16.2. The van der Waals surface area contributed by atoms with E-state index in [0.29, 0.717) is 24.5 Å². The van der Waals surface area contributed by atoms with Gasteiger partial charge in [0.15, 0.2) is 0 Å². The van der Waals surface area contributed by atoms with Crippen LogP contribution in [0.25, 0.3) is 0 Å². The summed E-state index contributed by atoms with van der Waals surface area (Å²) in [5.74, 6) is 0.513. The second kappa shape index (κ2) is 4.04. The molecule has 4 heteroatoms. The summed E-state index contributed by atoms with van der Waals surface area (Å²) in [4.78, 5) is 13.6. The lowest BCUT2D eigenvalue weighted by molar-refractivity contribution is 0.0776. The van der Waals surface area contributed by atoms with Crippen LogP contribution in [0.5, 0.6) is 5.75 Å². The number of carbonyl (C=O) groups excluding carboxylic acids is 1. The molecule has 0 saturated carbocycles. The number of hydrogen-bond acceptors (Lipinski definition) is 3. The monoisotopic (exact) mass is 235 g/mol. The van der Waals surface area contributed by atoms with Gasteiger partial charge in [-0.1, -0.05) is 6.07 Å². The molecule has 1 aromatic rings. The largest absolute Gasteiger partial charge is 0.491 e. The summed E-state index contributed by atoms with van der Waals surface area (Å²) < 4.78 is 5.55. The lowest BCUT2D eigenvalue weighted by Crippen LogP contribution is -2.27. The third kappa shape index (κ3) is 2.26. The fourth-order valence-corrected chi connectivity index (χ4v) is 1.80. The van der Waals surface area contributed by atoms with Gasteiger partial charge in [-0.25, -0.2) is 0 Å². The number of benzene rings is 1. The van der Waals surface area contributed by atoms with Gasteiger partial charge in [0.1, 0.15) is 12.4 Å². The highest BCUT2D eigenvalue weighted by atomic mass is 16.5. The Bertz CT molecular complexity index is 448. The summed E-state index contributed by atoms with van der Waals surface area (Å²) in [6.45, 7) is 4.47. The lowest BCUT2D eigenvalue weighted by atomic mass is 9.96. The fraction of sp³-hybridized carbons (Fsp3) is 0.462. The maximum Gasteiger partial charge on any atom is 0.257 e. The van der Waals surface area contributed by atoms with Crippen molar-refractivity contribution in [2.45, 2.75) is 19.4 Å². The molecular formula is C13H17NO3. The molecule has 0 bridgehead atoms. The first-order valence-electron chi connectivity index (χ1n) is 5.65. The number of likely N-dealkylation sites (N-methyl/N-ethyl adjacent to an activating group) is 1. The molecule has 1 N–H and O–H groups in total. The van der Waals surface area contributed by atoms with E-state index in [2.05, 4.69) is 0 Å². The topological polar surface area (TPSA) is 49.8 Å². The van der Waals surface area contributed by atoms with E-state index in [1.807, 2.05) is 0 Å². The molecule has 1 aromatic carbocycles. The van der Waals surface area contributed by atoms with E-state index < -0.39 is 5.60 Å². The van der Waals surface area contributed by atoms with Gasteiger partial charge in [-0.15, -0.1) is 0 Å². The highest BCUT2D eigenvalue weighted by molar-refractivity contribution is 5.97. The molecule has 17 heavy (non-hydrogen) atoms. The number of hydrogen-bond donors (Lipinski definition) is 1. The number of carbonyl (C=O) groups is 1. The van der Waals surface area contributed by atoms with Crippen LogP contribution in [0.2, 0.25) is 0 Å². The van der Waals surface area contributed by atoms with Crippen LogP contribution in [-0.2, 0) is 5.60 Å². The Morgan fingerprint density at radius 1 is 1.41 bits per heavy atom. The standard InChI is InChI=1S/C13H17NO3/c1-13(2,16)9-4-5-10-11(8-9)17-7-6-14(3)12(10)15/h4-5,8,16H,6-7H2,1-3H3. The van der Waals surface area contributed by atoms with Gasteiger partial charge in [0, 0.05) is 7.05 Å². The molecule has 0 saturated heterocycles. The van der Waals surface area contributed by atoms with Crippen molar-refractivity contribution in [2.24, 2.45) is 0 Å². The number of fused-ring (bicyclic) bond motifs is 1. The van der Waals surface area contributed by atoms with Crippen LogP contribution in [0.15, 0.2) is 18.2 Å². The Morgan fingerprint density at radius 3 is 2.76 bits per heavy atom. The first-order chi connectivity index (χ1) is 7.89. The smallest absolute Gasteiger partial charge is 0.257 e. The van der Waals surface area contributed by atoms with Gasteiger partial charge in [-0.2, -0.15) is 0 Å². The van der Waals surface area contributed by atoms with Gasteiger partial charge < -0.3 is 14.7 Å². The molecule has 1 heterocycles. The number of aliphatic hydroxyl groups is 1. The quantitative estimate of drug-likeness (QED) is 0.800. The van der Waals surface area contributed by atoms with Crippen LogP contribution >= 0.6 is 0 Å². The minimum absolute atomic E-state index is 0.0419. The minimum atomic E-state index is -0.931. The van der Waals surface area contributed by atoms with Crippen LogP contribution in [-0.4, -0.2) is 36.1 Å². The summed E-state index contributed by atoms with van der Waals surface area (Å²) in [6.07, 6.45) is 0. The molecule has 0 radical (unpaired) electrons. The molecule has 4 nitrogen and oxygen atoms in total. The Labute approximate surface area is 101 Å². The molecule has 0 atom stereocenters. The summed E-state index contributed by atoms with van der Waals surface area (Å²) in [5, 5.41) is 9.93. The zero-order chi connectivity index (χ0) is 12.6. The average Bonchev–Trinajstić information content (AvgIpc) is 2.38. The van der Waals surface area contributed by atoms with Crippen molar-refractivity contribution in [2.75, 3.05) is 20.2 Å². The van der Waals surface area contributed by atoms with Crippen LogP contribution in [0.4, 0.5) is 0 Å². The van der Waals surface area contributed by atoms with E-state index in [9.17, 15) is 9.90 Å². The number of nitrogens with zero attached hydrogens (tertiary/aromatic N) is 1. The van der Waals surface area contributed by atoms with Crippen molar-refractivity contribution in [1.29, 1.82) is 0 Å². The third-order valence-corrected chi connectivity index (χ3v) is 2.95. The molecule has 0 unspecified atom stereocenters. The van der Waals surface area contributed by atoms with Crippen molar-refractivity contribution in [3.63, 3.8) is 0 Å². The predicted octanol–water partition coefficient (Wildman–Crippen LogP) is 1.38.